The number of hydrogen-bond acceptors (Lipinski definition) is 5. The maximum Gasteiger partial charge on any atom is 0.165 e. The SMILES string of the molecule is Oc1ccccc1-c1nc(N2CCC(N3CCCC3)CC2)c2cc(F)ccc2n1. The molecule has 0 atom stereocenters. The Kier molecular flexibility index (Phi) is 4.79. The fraction of sp³-hybridized carbons (Fsp3) is 0.391. The van der Waals surface area contributed by atoms with Gasteiger partial charge >= 0.3 is 0 Å². The number of para-hydroxylation sites is 1. The number of likely N-dealkylation sites (tertiary alicyclic amines) is 1. The van der Waals surface area contributed by atoms with E-state index in [1.165, 1.54) is 38.1 Å². The Morgan fingerprint density at radius 1 is 0.931 bits per heavy atom. The highest BCUT2D eigenvalue weighted by Crippen LogP contribution is 2.33. The van der Waals surface area contributed by atoms with Gasteiger partial charge in [-0.2, -0.15) is 0 Å². The van der Waals surface area contributed by atoms with Crippen molar-refractivity contribution >= 4 is 16.7 Å². The van der Waals surface area contributed by atoms with Crippen molar-refractivity contribution in [2.45, 2.75) is 31.7 Å². The van der Waals surface area contributed by atoms with Crippen LogP contribution < -0.4 is 4.90 Å². The van der Waals surface area contributed by atoms with Crippen LogP contribution in [0.2, 0.25) is 0 Å². The van der Waals surface area contributed by atoms with Crippen LogP contribution in [0.15, 0.2) is 42.5 Å². The maximum absolute atomic E-state index is 14.0. The van der Waals surface area contributed by atoms with E-state index in [0.29, 0.717) is 22.9 Å². The summed E-state index contributed by atoms with van der Waals surface area (Å²) >= 11 is 0. The van der Waals surface area contributed by atoms with Gasteiger partial charge in [0.25, 0.3) is 0 Å². The van der Waals surface area contributed by atoms with E-state index >= 15 is 0 Å². The number of hydrogen-bond donors (Lipinski definition) is 1. The number of phenolic OH excluding ortho intramolecular Hbond substituents is 1. The number of aromatic nitrogens is 2. The number of anilines is 1. The second kappa shape index (κ2) is 7.59. The summed E-state index contributed by atoms with van der Waals surface area (Å²) in [7, 11) is 0. The van der Waals surface area contributed by atoms with Crippen LogP contribution in [0.4, 0.5) is 10.2 Å². The molecule has 2 saturated heterocycles. The average Bonchev–Trinajstić information content (AvgIpc) is 3.28. The molecular formula is C23H25FN4O. The molecule has 2 aliphatic heterocycles. The van der Waals surface area contributed by atoms with E-state index in [9.17, 15) is 9.50 Å². The summed E-state index contributed by atoms with van der Waals surface area (Å²) < 4.78 is 14.0. The van der Waals surface area contributed by atoms with E-state index in [0.717, 1.165) is 37.1 Å². The van der Waals surface area contributed by atoms with Gasteiger partial charge in [-0.3, -0.25) is 0 Å². The Bertz CT molecular complexity index is 1030. The molecule has 3 heterocycles. The maximum atomic E-state index is 14.0. The molecule has 29 heavy (non-hydrogen) atoms. The van der Waals surface area contributed by atoms with Gasteiger partial charge in [0, 0.05) is 24.5 Å². The smallest absolute Gasteiger partial charge is 0.165 e. The van der Waals surface area contributed by atoms with E-state index in [2.05, 4.69) is 14.8 Å². The van der Waals surface area contributed by atoms with Gasteiger partial charge in [-0.15, -0.1) is 0 Å². The summed E-state index contributed by atoms with van der Waals surface area (Å²) in [4.78, 5) is 14.3. The van der Waals surface area contributed by atoms with Crippen LogP contribution in [0, 0.1) is 5.82 Å². The zero-order valence-electron chi connectivity index (χ0n) is 16.4. The van der Waals surface area contributed by atoms with Crippen LogP contribution in [-0.2, 0) is 0 Å². The van der Waals surface area contributed by atoms with Crippen LogP contribution in [0.3, 0.4) is 0 Å². The third-order valence-electron chi connectivity index (χ3n) is 6.20. The summed E-state index contributed by atoms with van der Waals surface area (Å²) in [5.41, 5.74) is 1.28. The van der Waals surface area contributed by atoms with E-state index in [1.807, 2.05) is 12.1 Å². The quantitative estimate of drug-likeness (QED) is 0.724. The van der Waals surface area contributed by atoms with Gasteiger partial charge in [0.15, 0.2) is 5.82 Å². The molecular weight excluding hydrogens is 367 g/mol. The molecule has 2 aromatic carbocycles. The third-order valence-corrected chi connectivity index (χ3v) is 6.20. The van der Waals surface area contributed by atoms with Crippen molar-refractivity contribution in [1.82, 2.24) is 14.9 Å². The van der Waals surface area contributed by atoms with Gasteiger partial charge in [0.1, 0.15) is 17.4 Å². The van der Waals surface area contributed by atoms with Crippen molar-refractivity contribution in [1.29, 1.82) is 0 Å². The number of aromatic hydroxyl groups is 1. The lowest BCUT2D eigenvalue weighted by atomic mass is 10.0. The summed E-state index contributed by atoms with van der Waals surface area (Å²) in [6.45, 7) is 4.21. The lowest BCUT2D eigenvalue weighted by Gasteiger charge is -2.37. The van der Waals surface area contributed by atoms with Crippen LogP contribution >= 0.6 is 0 Å². The van der Waals surface area contributed by atoms with Gasteiger partial charge in [0.05, 0.1) is 11.1 Å². The molecule has 1 N–H and O–H groups in total. The van der Waals surface area contributed by atoms with E-state index in [1.54, 1.807) is 18.2 Å². The predicted molar refractivity (Wildman–Crippen MR) is 113 cm³/mol. The molecule has 0 saturated carbocycles. The Hall–Kier alpha value is -2.73. The Balaban J connectivity index is 1.52. The summed E-state index contributed by atoms with van der Waals surface area (Å²) in [5, 5.41) is 11.0. The zero-order chi connectivity index (χ0) is 19.8. The number of fused-ring (bicyclic) bond motifs is 1. The van der Waals surface area contributed by atoms with Crippen molar-refractivity contribution < 1.29 is 9.50 Å². The summed E-state index contributed by atoms with van der Waals surface area (Å²) in [6, 6.07) is 12.3. The highest BCUT2D eigenvalue weighted by molar-refractivity contribution is 5.91. The molecule has 2 fully saturated rings. The number of benzene rings is 2. The Morgan fingerprint density at radius 3 is 2.45 bits per heavy atom. The van der Waals surface area contributed by atoms with Gasteiger partial charge in [-0.05, 0) is 69.1 Å². The van der Waals surface area contributed by atoms with Crippen LogP contribution in [0.1, 0.15) is 25.7 Å². The molecule has 2 aliphatic rings. The number of piperidine rings is 1. The van der Waals surface area contributed by atoms with E-state index in [4.69, 9.17) is 4.98 Å². The molecule has 0 radical (unpaired) electrons. The molecule has 150 valence electrons. The van der Waals surface area contributed by atoms with E-state index < -0.39 is 0 Å². The molecule has 0 amide bonds. The monoisotopic (exact) mass is 392 g/mol. The largest absolute Gasteiger partial charge is 0.507 e. The number of phenols is 1. The van der Waals surface area contributed by atoms with Crippen LogP contribution in [0.5, 0.6) is 5.75 Å². The van der Waals surface area contributed by atoms with Gasteiger partial charge < -0.3 is 14.9 Å². The fourth-order valence-corrected chi connectivity index (χ4v) is 4.66. The Labute approximate surface area is 169 Å². The van der Waals surface area contributed by atoms with Gasteiger partial charge in [0.2, 0.25) is 0 Å². The second-order valence-electron chi connectivity index (χ2n) is 8.01. The highest BCUT2D eigenvalue weighted by atomic mass is 19.1. The molecule has 0 spiro atoms. The normalized spacial score (nSPS) is 18.6. The third kappa shape index (κ3) is 3.53. The lowest BCUT2D eigenvalue weighted by Crippen LogP contribution is -2.44. The highest BCUT2D eigenvalue weighted by Gasteiger charge is 2.28. The van der Waals surface area contributed by atoms with Crippen LogP contribution in [0.25, 0.3) is 22.3 Å². The van der Waals surface area contributed by atoms with Crippen molar-refractivity contribution in [2.24, 2.45) is 0 Å². The number of nitrogens with zero attached hydrogens (tertiary/aromatic N) is 4. The van der Waals surface area contributed by atoms with Crippen molar-refractivity contribution in [3.05, 3.63) is 48.3 Å². The van der Waals surface area contributed by atoms with E-state index in [-0.39, 0.29) is 11.6 Å². The van der Waals surface area contributed by atoms with Crippen LogP contribution in [-0.4, -0.2) is 52.2 Å². The minimum absolute atomic E-state index is 0.146. The molecule has 5 rings (SSSR count). The topological polar surface area (TPSA) is 52.5 Å². The Morgan fingerprint density at radius 2 is 1.69 bits per heavy atom. The second-order valence-corrected chi connectivity index (χ2v) is 8.01. The van der Waals surface area contributed by atoms with Crippen molar-refractivity contribution in [3.8, 4) is 17.1 Å². The van der Waals surface area contributed by atoms with Crippen molar-refractivity contribution in [2.75, 3.05) is 31.1 Å². The minimum atomic E-state index is -0.287. The first-order valence-corrected chi connectivity index (χ1v) is 10.4. The number of halogens is 1. The summed E-state index contributed by atoms with van der Waals surface area (Å²) in [6.07, 6.45) is 4.79. The molecule has 6 heteroatoms. The first-order valence-electron chi connectivity index (χ1n) is 10.4. The average molecular weight is 392 g/mol. The van der Waals surface area contributed by atoms with Gasteiger partial charge in [-0.1, -0.05) is 12.1 Å². The first kappa shape index (κ1) is 18.3. The fourth-order valence-electron chi connectivity index (χ4n) is 4.66. The van der Waals surface area contributed by atoms with Crippen molar-refractivity contribution in [3.63, 3.8) is 0 Å². The molecule has 0 aliphatic carbocycles. The predicted octanol–water partition coefficient (Wildman–Crippen LogP) is 4.21. The molecule has 3 aromatic rings. The molecule has 5 nitrogen and oxygen atoms in total. The standard InChI is InChI=1S/C23H25FN4O/c24-16-7-8-20-19(15-16)23(26-22(25-20)18-5-1-2-6-21(18)29)28-13-9-17(10-14-28)27-11-3-4-12-27/h1-2,5-8,15,17,29H,3-4,9-14H2. The first-order chi connectivity index (χ1) is 14.2. The molecule has 0 unspecified atom stereocenters. The molecule has 1 aromatic heterocycles. The minimum Gasteiger partial charge on any atom is -0.507 e. The zero-order valence-corrected chi connectivity index (χ0v) is 16.4. The van der Waals surface area contributed by atoms with Gasteiger partial charge in [-0.25, -0.2) is 14.4 Å². The summed E-state index contributed by atoms with van der Waals surface area (Å²) in [5.74, 6) is 1.09. The lowest BCUT2D eigenvalue weighted by molar-refractivity contribution is 0.208. The number of rotatable bonds is 3. The molecule has 0 bridgehead atoms.